The molecule has 0 aliphatic carbocycles. The summed E-state index contributed by atoms with van der Waals surface area (Å²) in [6.45, 7) is 0.494. The molecule has 1 amide bonds. The monoisotopic (exact) mass is 457 g/mol. The Hall–Kier alpha value is -3.49. The summed E-state index contributed by atoms with van der Waals surface area (Å²) in [5.74, 6) is 1.17. The number of aromatic nitrogens is 4. The molecule has 0 saturated carbocycles. The molecule has 1 N–H and O–H groups in total. The summed E-state index contributed by atoms with van der Waals surface area (Å²) < 4.78 is 2.95. The largest absolute Gasteiger partial charge is 0.348 e. The number of hydrogen-bond donors (Lipinski definition) is 1. The Morgan fingerprint density at radius 2 is 1.75 bits per heavy atom. The summed E-state index contributed by atoms with van der Waals surface area (Å²) in [7, 11) is 0. The second kappa shape index (κ2) is 9.33. The first-order chi connectivity index (χ1) is 15.8. The van der Waals surface area contributed by atoms with E-state index in [0.29, 0.717) is 17.9 Å². The minimum atomic E-state index is -0.0916. The molecule has 0 saturated heterocycles. The zero-order valence-corrected chi connectivity index (χ0v) is 18.6. The fourth-order valence-electron chi connectivity index (χ4n) is 3.43. The van der Waals surface area contributed by atoms with Crippen LogP contribution in [0.1, 0.15) is 21.7 Å². The van der Waals surface area contributed by atoms with Crippen molar-refractivity contribution in [2.24, 2.45) is 0 Å². The number of carbonyl (C=O) groups is 1. The van der Waals surface area contributed by atoms with Crippen LogP contribution in [-0.2, 0) is 12.3 Å². The number of amides is 1. The minimum absolute atomic E-state index is 0.0916. The van der Waals surface area contributed by atoms with Gasteiger partial charge in [-0.05, 0) is 57.1 Å². The van der Waals surface area contributed by atoms with Gasteiger partial charge in [-0.3, -0.25) is 4.79 Å². The van der Waals surface area contributed by atoms with Crippen LogP contribution in [0.3, 0.4) is 0 Å². The Morgan fingerprint density at radius 1 is 0.969 bits per heavy atom. The van der Waals surface area contributed by atoms with Crippen molar-refractivity contribution in [1.82, 2.24) is 25.5 Å². The zero-order valence-electron chi connectivity index (χ0n) is 17.0. The number of tetrazole rings is 1. The Labute approximate surface area is 193 Å². The summed E-state index contributed by atoms with van der Waals surface area (Å²) in [5.41, 5.74) is 2.68. The van der Waals surface area contributed by atoms with Crippen LogP contribution < -0.4 is 5.32 Å². The lowest BCUT2D eigenvalue weighted by Crippen LogP contribution is -2.23. The molecule has 2 aromatic heterocycles. The molecule has 0 spiro atoms. The van der Waals surface area contributed by atoms with Crippen molar-refractivity contribution in [3.8, 4) is 5.69 Å². The Morgan fingerprint density at radius 3 is 2.66 bits per heavy atom. The van der Waals surface area contributed by atoms with E-state index in [1.54, 1.807) is 27.8 Å². The van der Waals surface area contributed by atoms with Gasteiger partial charge in [0.05, 0.1) is 17.0 Å². The van der Waals surface area contributed by atoms with E-state index < -0.39 is 0 Å². The lowest BCUT2D eigenvalue weighted by atomic mass is 10.1. The predicted molar refractivity (Wildman–Crippen MR) is 128 cm³/mol. The predicted octanol–water partition coefficient (Wildman–Crippen LogP) is 5.10. The average molecular weight is 458 g/mol. The van der Waals surface area contributed by atoms with Gasteiger partial charge in [0.1, 0.15) is 0 Å². The molecule has 8 heteroatoms. The van der Waals surface area contributed by atoms with Gasteiger partial charge in [-0.1, -0.05) is 48.5 Å². The van der Waals surface area contributed by atoms with Gasteiger partial charge in [0.15, 0.2) is 5.82 Å². The second-order valence-electron chi connectivity index (χ2n) is 7.07. The Balaban J connectivity index is 1.29. The van der Waals surface area contributed by atoms with E-state index in [4.69, 9.17) is 0 Å². The first kappa shape index (κ1) is 20.4. The summed E-state index contributed by atoms with van der Waals surface area (Å²) in [5, 5.41) is 18.5. The third-order valence-electron chi connectivity index (χ3n) is 5.02. The molecule has 5 rings (SSSR count). The maximum absolute atomic E-state index is 13.0. The van der Waals surface area contributed by atoms with Gasteiger partial charge in [-0.15, -0.1) is 28.2 Å². The molecule has 0 bridgehead atoms. The van der Waals surface area contributed by atoms with E-state index in [-0.39, 0.29) is 5.91 Å². The van der Waals surface area contributed by atoms with Crippen molar-refractivity contribution < 1.29 is 4.79 Å². The second-order valence-corrected chi connectivity index (χ2v) is 9.00. The normalized spacial score (nSPS) is 11.0. The van der Waals surface area contributed by atoms with Crippen LogP contribution in [0.2, 0.25) is 0 Å². The van der Waals surface area contributed by atoms with Crippen molar-refractivity contribution in [2.45, 2.75) is 17.2 Å². The molecule has 5 aromatic rings. The number of rotatable bonds is 7. The maximum atomic E-state index is 13.0. The number of thiophene rings is 1. The Bertz CT molecular complexity index is 1360. The summed E-state index contributed by atoms with van der Waals surface area (Å²) in [6.07, 6.45) is 0. The molecule has 0 fully saturated rings. The number of hydrogen-bond acceptors (Lipinski definition) is 6. The molecular weight excluding hydrogens is 438 g/mol. The third-order valence-corrected chi connectivity index (χ3v) is 7.11. The summed E-state index contributed by atoms with van der Waals surface area (Å²) in [6, 6.07) is 25.6. The molecule has 0 aliphatic rings. The zero-order chi connectivity index (χ0) is 21.8. The average Bonchev–Trinajstić information content (AvgIpc) is 3.49. The van der Waals surface area contributed by atoms with E-state index in [1.165, 1.54) is 10.1 Å². The molecule has 158 valence electrons. The van der Waals surface area contributed by atoms with E-state index in [1.807, 2.05) is 66.7 Å². The van der Waals surface area contributed by atoms with Crippen LogP contribution in [0, 0.1) is 0 Å². The van der Waals surface area contributed by atoms with Crippen molar-refractivity contribution >= 4 is 39.1 Å². The molecule has 32 heavy (non-hydrogen) atoms. The van der Waals surface area contributed by atoms with Gasteiger partial charge < -0.3 is 5.32 Å². The van der Waals surface area contributed by atoms with Gasteiger partial charge in [0.25, 0.3) is 5.91 Å². The highest BCUT2D eigenvalue weighted by Gasteiger charge is 2.14. The number of carbonyl (C=O) groups excluding carboxylic acids is 1. The van der Waals surface area contributed by atoms with Crippen molar-refractivity contribution in [3.05, 3.63) is 101 Å². The molecule has 3 aromatic carbocycles. The fourth-order valence-corrected chi connectivity index (χ4v) is 5.35. The van der Waals surface area contributed by atoms with Gasteiger partial charge in [-0.25, -0.2) is 0 Å². The smallest absolute Gasteiger partial charge is 0.252 e. The summed E-state index contributed by atoms with van der Waals surface area (Å²) >= 11 is 3.24. The van der Waals surface area contributed by atoms with Crippen molar-refractivity contribution in [1.29, 1.82) is 0 Å². The van der Waals surface area contributed by atoms with E-state index in [2.05, 4.69) is 38.4 Å². The van der Waals surface area contributed by atoms with Crippen LogP contribution in [0.5, 0.6) is 0 Å². The number of benzene rings is 3. The SMILES string of the molecule is O=C(NCc1csc2ccccc12)c1ccccc1SCc1nnnn1-c1ccccc1. The van der Waals surface area contributed by atoms with E-state index in [0.717, 1.165) is 22.0 Å². The molecule has 0 aliphatic heterocycles. The highest BCUT2D eigenvalue weighted by atomic mass is 32.2. The number of nitrogens with one attached hydrogen (secondary N) is 1. The quantitative estimate of drug-likeness (QED) is 0.344. The summed E-state index contributed by atoms with van der Waals surface area (Å²) in [4.78, 5) is 13.9. The molecule has 0 radical (unpaired) electrons. The Kier molecular flexibility index (Phi) is 5.96. The molecule has 2 heterocycles. The van der Waals surface area contributed by atoms with Crippen LogP contribution in [0.15, 0.2) is 89.1 Å². The fraction of sp³-hybridized carbons (Fsp3) is 0.0833. The lowest BCUT2D eigenvalue weighted by molar-refractivity contribution is 0.0948. The van der Waals surface area contributed by atoms with Gasteiger partial charge in [0.2, 0.25) is 0 Å². The van der Waals surface area contributed by atoms with E-state index in [9.17, 15) is 4.79 Å². The highest BCUT2D eigenvalue weighted by molar-refractivity contribution is 7.98. The third kappa shape index (κ3) is 4.28. The lowest BCUT2D eigenvalue weighted by Gasteiger charge is -2.10. The number of fused-ring (bicyclic) bond motifs is 1. The topological polar surface area (TPSA) is 72.7 Å². The first-order valence-electron chi connectivity index (χ1n) is 10.1. The standard InChI is InChI=1S/C24H19N5OS2/c30-24(25-14-17-15-31-21-12-6-4-10-19(17)21)20-11-5-7-13-22(20)32-16-23-26-27-28-29(23)18-8-2-1-3-9-18/h1-13,15H,14,16H2,(H,25,30). The number of thioether (sulfide) groups is 1. The van der Waals surface area contributed by atoms with Gasteiger partial charge >= 0.3 is 0 Å². The number of nitrogens with zero attached hydrogens (tertiary/aromatic N) is 4. The molecular formula is C24H19N5OS2. The molecule has 0 atom stereocenters. The van der Waals surface area contributed by atoms with Crippen LogP contribution in [0.25, 0.3) is 15.8 Å². The minimum Gasteiger partial charge on any atom is -0.348 e. The van der Waals surface area contributed by atoms with Crippen LogP contribution >= 0.6 is 23.1 Å². The van der Waals surface area contributed by atoms with Gasteiger partial charge in [-0.2, -0.15) is 4.68 Å². The van der Waals surface area contributed by atoms with Gasteiger partial charge in [0, 0.05) is 16.1 Å². The van der Waals surface area contributed by atoms with E-state index >= 15 is 0 Å². The van der Waals surface area contributed by atoms with Crippen molar-refractivity contribution in [2.75, 3.05) is 0 Å². The van der Waals surface area contributed by atoms with Crippen LogP contribution in [0.4, 0.5) is 0 Å². The van der Waals surface area contributed by atoms with Crippen LogP contribution in [-0.4, -0.2) is 26.1 Å². The molecule has 6 nitrogen and oxygen atoms in total. The first-order valence-corrected chi connectivity index (χ1v) is 11.9. The maximum Gasteiger partial charge on any atom is 0.252 e. The van der Waals surface area contributed by atoms with Crippen molar-refractivity contribution in [3.63, 3.8) is 0 Å². The number of para-hydroxylation sites is 1. The highest BCUT2D eigenvalue weighted by Crippen LogP contribution is 2.28. The molecule has 0 unspecified atom stereocenters.